The molecule has 3 nitrogen and oxygen atoms in total. The van der Waals surface area contributed by atoms with Gasteiger partial charge in [0.2, 0.25) is 4.32 Å². The fraction of sp³-hybridized carbons (Fsp3) is 0.167. The third-order valence-electron chi connectivity index (χ3n) is 3.49. The first-order valence-corrected chi connectivity index (χ1v) is 7.54. The lowest BCUT2D eigenvalue weighted by molar-refractivity contribution is 0.0972. The number of hydrogen-bond donors (Lipinski definition) is 0. The smallest absolute Gasteiger partial charge is 0.204 e. The number of alkyl halides is 1. The van der Waals surface area contributed by atoms with Crippen molar-refractivity contribution in [2.45, 2.75) is 16.7 Å². The first-order chi connectivity index (χ1) is 10.6. The molecule has 0 aliphatic carbocycles. The molecule has 0 radical (unpaired) electrons. The predicted octanol–water partition coefficient (Wildman–Crippen LogP) is 4.22. The van der Waals surface area contributed by atoms with Crippen LogP contribution in [0.4, 0.5) is 0 Å². The number of ketones is 1. The van der Waals surface area contributed by atoms with E-state index in [9.17, 15) is 15.3 Å². The molecule has 0 saturated heterocycles. The zero-order chi connectivity index (χ0) is 16.0. The topological polar surface area (TPSA) is 64.7 Å². The van der Waals surface area contributed by atoms with Gasteiger partial charge in [-0.2, -0.15) is 10.5 Å². The van der Waals surface area contributed by atoms with Crippen LogP contribution in [0.5, 0.6) is 0 Å². The summed E-state index contributed by atoms with van der Waals surface area (Å²) in [7, 11) is 0. The zero-order valence-corrected chi connectivity index (χ0v) is 13.3. The average Bonchev–Trinajstić information content (AvgIpc) is 2.60. The van der Waals surface area contributed by atoms with Crippen LogP contribution >= 0.6 is 15.9 Å². The Morgan fingerprint density at radius 2 is 1.50 bits per heavy atom. The zero-order valence-electron chi connectivity index (χ0n) is 11.7. The Morgan fingerprint density at radius 1 is 1.00 bits per heavy atom. The van der Waals surface area contributed by atoms with Gasteiger partial charge in [-0.15, -0.1) is 0 Å². The summed E-state index contributed by atoms with van der Waals surface area (Å²) in [5.74, 6) is -0.639. The van der Waals surface area contributed by atoms with Crippen molar-refractivity contribution < 1.29 is 4.79 Å². The number of Topliss-reactive ketones (excluding diaryl/α,β-unsaturated/α-hetero) is 1. The number of benzene rings is 2. The highest BCUT2D eigenvalue weighted by Crippen LogP contribution is 2.38. The van der Waals surface area contributed by atoms with E-state index in [2.05, 4.69) is 15.9 Å². The van der Waals surface area contributed by atoms with Gasteiger partial charge in [-0.05, 0) is 5.56 Å². The third-order valence-corrected chi connectivity index (χ3v) is 4.40. The molecule has 4 heteroatoms. The first-order valence-electron chi connectivity index (χ1n) is 6.75. The molecule has 2 rings (SSSR count). The summed E-state index contributed by atoms with van der Waals surface area (Å²) in [6.45, 7) is 0. The predicted molar refractivity (Wildman–Crippen MR) is 87.5 cm³/mol. The van der Waals surface area contributed by atoms with Crippen LogP contribution in [0.1, 0.15) is 28.3 Å². The molecule has 22 heavy (non-hydrogen) atoms. The summed E-state index contributed by atoms with van der Waals surface area (Å²) >= 11 is 3.21. The van der Waals surface area contributed by atoms with E-state index in [4.69, 9.17) is 0 Å². The maximum absolute atomic E-state index is 12.5. The van der Waals surface area contributed by atoms with Gasteiger partial charge < -0.3 is 0 Å². The summed E-state index contributed by atoms with van der Waals surface area (Å²) in [6.07, 6.45) is 0.0837. The summed E-state index contributed by atoms with van der Waals surface area (Å²) in [4.78, 5) is 12.5. The molecular weight excluding hydrogens is 340 g/mol. The van der Waals surface area contributed by atoms with Crippen molar-refractivity contribution in [2.75, 3.05) is 0 Å². The molecule has 2 aromatic rings. The van der Waals surface area contributed by atoms with Crippen LogP contribution in [0, 0.1) is 22.7 Å². The normalized spacial score (nSPS) is 12.0. The van der Waals surface area contributed by atoms with Gasteiger partial charge in [0, 0.05) is 17.9 Å². The van der Waals surface area contributed by atoms with Crippen LogP contribution in [0.25, 0.3) is 0 Å². The minimum atomic E-state index is -1.43. The van der Waals surface area contributed by atoms with Crippen molar-refractivity contribution in [3.05, 3.63) is 71.8 Å². The van der Waals surface area contributed by atoms with E-state index in [1.54, 1.807) is 24.3 Å². The molecule has 0 fully saturated rings. The number of halogens is 1. The molecule has 0 amide bonds. The molecule has 1 atom stereocenters. The van der Waals surface area contributed by atoms with Gasteiger partial charge in [-0.3, -0.25) is 4.79 Å². The van der Waals surface area contributed by atoms with Crippen LogP contribution in [-0.2, 0) is 0 Å². The quantitative estimate of drug-likeness (QED) is 0.597. The van der Waals surface area contributed by atoms with Gasteiger partial charge in [-0.1, -0.05) is 76.6 Å². The Balaban J connectivity index is 2.37. The van der Waals surface area contributed by atoms with E-state index in [1.807, 2.05) is 48.5 Å². The first kappa shape index (κ1) is 15.9. The van der Waals surface area contributed by atoms with Gasteiger partial charge in [-0.25, -0.2) is 0 Å². The van der Waals surface area contributed by atoms with Crippen molar-refractivity contribution in [1.29, 1.82) is 10.5 Å². The molecule has 2 aromatic carbocycles. The fourth-order valence-corrected chi connectivity index (χ4v) is 2.71. The van der Waals surface area contributed by atoms with Gasteiger partial charge in [0.15, 0.2) is 5.78 Å². The summed E-state index contributed by atoms with van der Waals surface area (Å²) in [5, 5.41) is 18.7. The van der Waals surface area contributed by atoms with Crippen LogP contribution in [0.15, 0.2) is 60.7 Å². The Labute approximate surface area is 137 Å². The minimum Gasteiger partial charge on any atom is -0.294 e. The maximum Gasteiger partial charge on any atom is 0.204 e. The van der Waals surface area contributed by atoms with E-state index < -0.39 is 10.2 Å². The number of rotatable bonds is 5. The Kier molecular flexibility index (Phi) is 5.09. The largest absolute Gasteiger partial charge is 0.294 e. The standard InChI is InChI=1S/C18H13BrN2O/c19-18(12-20,13-21)16(14-7-3-1-4-8-14)11-17(22)15-9-5-2-6-10-15/h1-10,16H,11H2/t16-/m1/s1. The van der Waals surface area contributed by atoms with Crippen LogP contribution in [0.2, 0.25) is 0 Å². The number of carbonyl (C=O) groups is 1. The molecule has 0 spiro atoms. The number of hydrogen-bond acceptors (Lipinski definition) is 3. The Bertz CT molecular complexity index is 715. The second-order valence-electron chi connectivity index (χ2n) is 4.89. The van der Waals surface area contributed by atoms with E-state index in [0.717, 1.165) is 5.56 Å². The number of carbonyl (C=O) groups excluding carboxylic acids is 1. The lowest BCUT2D eigenvalue weighted by Crippen LogP contribution is -2.28. The molecule has 108 valence electrons. The van der Waals surface area contributed by atoms with Crippen molar-refractivity contribution in [3.63, 3.8) is 0 Å². The fourth-order valence-electron chi connectivity index (χ4n) is 2.28. The van der Waals surface area contributed by atoms with Crippen LogP contribution < -0.4 is 0 Å². The highest BCUT2D eigenvalue weighted by molar-refractivity contribution is 9.10. The third kappa shape index (κ3) is 3.42. The molecule has 0 aliphatic heterocycles. The van der Waals surface area contributed by atoms with E-state index in [0.29, 0.717) is 5.56 Å². The molecule has 0 aliphatic rings. The number of nitriles is 2. The van der Waals surface area contributed by atoms with Gasteiger partial charge >= 0.3 is 0 Å². The van der Waals surface area contributed by atoms with E-state index in [-0.39, 0.29) is 12.2 Å². The molecule has 0 heterocycles. The minimum absolute atomic E-state index is 0.0837. The molecular formula is C18H13BrN2O. The molecule has 0 N–H and O–H groups in total. The monoisotopic (exact) mass is 352 g/mol. The van der Waals surface area contributed by atoms with Crippen molar-refractivity contribution >= 4 is 21.7 Å². The van der Waals surface area contributed by atoms with E-state index >= 15 is 0 Å². The molecule has 0 unspecified atom stereocenters. The van der Waals surface area contributed by atoms with Gasteiger partial charge in [0.05, 0.1) is 12.1 Å². The van der Waals surface area contributed by atoms with Crippen LogP contribution in [-0.4, -0.2) is 10.1 Å². The summed E-state index contributed by atoms with van der Waals surface area (Å²) in [6, 6.07) is 22.0. The second kappa shape index (κ2) is 7.02. The van der Waals surface area contributed by atoms with Gasteiger partial charge in [0.1, 0.15) is 0 Å². The lowest BCUT2D eigenvalue weighted by Gasteiger charge is -2.24. The Morgan fingerprint density at radius 3 is 2.00 bits per heavy atom. The highest BCUT2D eigenvalue weighted by Gasteiger charge is 2.39. The molecule has 0 bridgehead atoms. The van der Waals surface area contributed by atoms with Gasteiger partial charge in [0.25, 0.3) is 0 Å². The van der Waals surface area contributed by atoms with Crippen molar-refractivity contribution in [3.8, 4) is 12.1 Å². The lowest BCUT2D eigenvalue weighted by atomic mass is 9.82. The maximum atomic E-state index is 12.5. The van der Waals surface area contributed by atoms with Crippen molar-refractivity contribution in [1.82, 2.24) is 0 Å². The highest BCUT2D eigenvalue weighted by atomic mass is 79.9. The Hall–Kier alpha value is -2.43. The molecule has 0 saturated carbocycles. The van der Waals surface area contributed by atoms with Crippen LogP contribution in [0.3, 0.4) is 0 Å². The summed E-state index contributed by atoms with van der Waals surface area (Å²) in [5.41, 5.74) is 1.36. The van der Waals surface area contributed by atoms with Crippen molar-refractivity contribution in [2.24, 2.45) is 0 Å². The molecule has 0 aromatic heterocycles. The number of nitrogens with zero attached hydrogens (tertiary/aromatic N) is 2. The summed E-state index contributed by atoms with van der Waals surface area (Å²) < 4.78 is -1.43. The SMILES string of the molecule is N#CC(Br)(C#N)[C@H](CC(=O)c1ccccc1)c1ccccc1. The average molecular weight is 353 g/mol. The van der Waals surface area contributed by atoms with E-state index in [1.165, 1.54) is 0 Å². The second-order valence-corrected chi connectivity index (χ2v) is 6.14.